The van der Waals surface area contributed by atoms with Crippen LogP contribution in [0.25, 0.3) is 33.3 Å². The number of nitrogens with two attached hydrogens (primary N) is 2. The Kier molecular flexibility index (Phi) is 31.5. The average molecular weight is 1830 g/mol. The van der Waals surface area contributed by atoms with Gasteiger partial charge in [0.1, 0.15) is 59.7 Å². The fourth-order valence-electron chi connectivity index (χ4n) is 19.8. The lowest BCUT2D eigenvalue weighted by Crippen LogP contribution is -2.61. The minimum Gasteiger partial charge on any atom is -0.459 e. The van der Waals surface area contributed by atoms with Gasteiger partial charge in [0.25, 0.3) is 17.6 Å². The van der Waals surface area contributed by atoms with Crippen LogP contribution in [0.2, 0.25) is 0 Å². The van der Waals surface area contributed by atoms with Crippen molar-refractivity contribution in [3.63, 3.8) is 0 Å². The van der Waals surface area contributed by atoms with E-state index in [1.54, 1.807) is 64.7 Å². The summed E-state index contributed by atoms with van der Waals surface area (Å²) < 4.78 is 38.5. The van der Waals surface area contributed by atoms with Gasteiger partial charge in [0.05, 0.1) is 67.7 Å². The number of aliphatic hydroxyl groups is 3. The van der Waals surface area contributed by atoms with Gasteiger partial charge in [-0.25, -0.2) is 49.2 Å². The molecule has 2 bridgehead atoms. The summed E-state index contributed by atoms with van der Waals surface area (Å²) in [6, 6.07) is 8.05. The summed E-state index contributed by atoms with van der Waals surface area (Å²) in [6.45, 7) is 18.9. The molecule has 4 saturated heterocycles. The molecule has 8 N–H and O–H groups in total. The molecule has 36 nitrogen and oxygen atoms in total. The van der Waals surface area contributed by atoms with Gasteiger partial charge < -0.3 is 89.6 Å². The number of carbonyl (C=O) groups excluding carboxylic acids is 8. The highest BCUT2D eigenvalue weighted by atomic mass is 16.6. The summed E-state index contributed by atoms with van der Waals surface area (Å²) >= 11 is 0. The summed E-state index contributed by atoms with van der Waals surface area (Å²) in [6.07, 6.45) is 18.3. The van der Waals surface area contributed by atoms with E-state index >= 15 is 0 Å². The summed E-state index contributed by atoms with van der Waals surface area (Å²) in [5.41, 5.74) is 22.8. The first-order valence-electron chi connectivity index (χ1n) is 47.0. The van der Waals surface area contributed by atoms with Crippen molar-refractivity contribution in [3.05, 3.63) is 149 Å². The number of Topliss-reactive ketones (excluding diaryl/α,β-unsaturated/α-hetero) is 3. The van der Waals surface area contributed by atoms with Gasteiger partial charge in [0.15, 0.2) is 11.4 Å². The third-order valence-electron chi connectivity index (χ3n) is 28.0. The average Bonchev–Trinajstić information content (AvgIpc) is 1.44. The first-order chi connectivity index (χ1) is 64.1. The molecule has 4 amide bonds. The van der Waals surface area contributed by atoms with Gasteiger partial charge in [-0.2, -0.15) is 5.10 Å². The van der Waals surface area contributed by atoms with E-state index in [1.165, 1.54) is 24.9 Å². The number of amides is 4. The Labute approximate surface area is 774 Å². The number of fused-ring (bicyclic) bond motifs is 7. The molecular weight excluding hydrogens is 1700 g/mol. The predicted octanol–water partition coefficient (Wildman–Crippen LogP) is 7.39. The van der Waals surface area contributed by atoms with Crippen LogP contribution in [0.4, 0.5) is 22.5 Å². The Balaban J connectivity index is 0.483. The number of pyridine rings is 1. The van der Waals surface area contributed by atoms with Crippen molar-refractivity contribution in [1.82, 2.24) is 74.2 Å². The SMILES string of the molecule is CO[C@H]1C[C@@H]2CC[C@@H](C)[C@@](O)(O2)C(=O)C(=O)N2CCCC[C@H]2C(=O)O[C@H]([C@H](N)C[C@@H]2CC[C@@H](OC(=O)N3CCc4nc(N5CCN(C(=O)CCOCCN6CCN(c7ncc(C(=O)N8CCc9cc(Cn%10nc(-c%11cnc%12[nH]ccc%12c%11)c%11c(N)ncnc%11%10)ccc9C8)cn7)CC6)CC5)ncc4C3)[C@H](OC)C2)CC(=O)[C@H](C)/C=C(\C)[C@@H](O)[C@@H](O)C(=O)[C@H](C)C[C@H](C)/C=C/C=CC=C1C. The number of cyclic esters (lactones) is 1. The largest absolute Gasteiger partial charge is 0.459 e. The van der Waals surface area contributed by atoms with Crippen molar-refractivity contribution in [2.75, 3.05) is 122 Å². The van der Waals surface area contributed by atoms with E-state index in [4.69, 9.17) is 55.0 Å². The summed E-state index contributed by atoms with van der Waals surface area (Å²) in [5, 5.41) is 41.4. The molecule has 15 rings (SSSR count). The van der Waals surface area contributed by atoms with Crippen molar-refractivity contribution >= 4 is 86.9 Å². The molecule has 15 atom stereocenters. The maximum absolute atomic E-state index is 14.8. The number of hydrogen-bond acceptors (Lipinski definition) is 30. The number of anilines is 3. The van der Waals surface area contributed by atoms with Crippen LogP contribution in [0.5, 0.6) is 0 Å². The minimum absolute atomic E-state index is 0.00530. The van der Waals surface area contributed by atoms with Crippen molar-refractivity contribution in [2.45, 2.75) is 218 Å². The first kappa shape index (κ1) is 96.4. The van der Waals surface area contributed by atoms with Crippen LogP contribution in [0.3, 0.4) is 0 Å². The number of allylic oxidation sites excluding steroid dienone is 6. The Morgan fingerprint density at radius 3 is 2.26 bits per heavy atom. The number of rotatable bonds is 18. The number of methoxy groups -OCH3 is 2. The lowest BCUT2D eigenvalue weighted by molar-refractivity contribution is -0.265. The predicted molar refractivity (Wildman–Crippen MR) is 493 cm³/mol. The van der Waals surface area contributed by atoms with Crippen LogP contribution >= 0.6 is 0 Å². The molecule has 5 fully saturated rings. The van der Waals surface area contributed by atoms with Gasteiger partial charge in [-0.05, 0) is 136 Å². The number of H-pyrrole nitrogens is 1. The normalized spacial score (nSPS) is 27.7. The Morgan fingerprint density at radius 1 is 0.714 bits per heavy atom. The molecule has 6 aromatic heterocycles. The summed E-state index contributed by atoms with van der Waals surface area (Å²) in [7, 11) is 3.09. The molecule has 133 heavy (non-hydrogen) atoms. The second kappa shape index (κ2) is 43.4. The second-order valence-electron chi connectivity index (χ2n) is 37.2. The highest BCUT2D eigenvalue weighted by Gasteiger charge is 2.54. The van der Waals surface area contributed by atoms with Crippen molar-refractivity contribution < 1.29 is 82.1 Å². The highest BCUT2D eigenvalue weighted by molar-refractivity contribution is 6.39. The molecule has 7 aromatic rings. The van der Waals surface area contributed by atoms with E-state index in [-0.39, 0.29) is 68.0 Å². The number of piperidine rings is 1. The zero-order valence-corrected chi connectivity index (χ0v) is 77.4. The Hall–Kier alpha value is -11.2. The van der Waals surface area contributed by atoms with E-state index in [0.717, 1.165) is 62.5 Å². The molecule has 1 saturated carbocycles. The fourth-order valence-corrected chi connectivity index (χ4v) is 19.8. The van der Waals surface area contributed by atoms with Crippen LogP contribution in [-0.2, 0) is 89.7 Å². The van der Waals surface area contributed by atoms with Gasteiger partial charge in [0.2, 0.25) is 23.6 Å². The quantitative estimate of drug-likeness (QED) is 0.0211. The number of hydrogen-bond donors (Lipinski definition) is 6. The minimum atomic E-state index is -2.52. The molecule has 1 aliphatic carbocycles. The van der Waals surface area contributed by atoms with Crippen LogP contribution in [0.1, 0.15) is 163 Å². The van der Waals surface area contributed by atoms with Gasteiger partial charge in [-0.1, -0.05) is 82.4 Å². The number of nitrogens with zero attached hydrogens (tertiary/aromatic N) is 16. The number of aromatic amines is 1. The molecule has 0 radical (unpaired) electrons. The monoisotopic (exact) mass is 1830 g/mol. The summed E-state index contributed by atoms with van der Waals surface area (Å²) in [4.78, 5) is 162. The topological polar surface area (TPSA) is 451 Å². The van der Waals surface area contributed by atoms with Gasteiger partial charge in [-0.3, -0.25) is 33.7 Å². The molecule has 712 valence electrons. The first-order valence-corrected chi connectivity index (χ1v) is 47.0. The number of ketones is 3. The number of carbonyl (C=O) groups is 8. The molecular formula is C97H127N19O17. The molecule has 1 aromatic carbocycles. The third kappa shape index (κ3) is 22.7. The molecule has 7 aliphatic heterocycles. The van der Waals surface area contributed by atoms with Crippen LogP contribution < -0.4 is 21.3 Å². The van der Waals surface area contributed by atoms with E-state index in [9.17, 15) is 53.7 Å². The molecule has 0 spiro atoms. The maximum Gasteiger partial charge on any atom is 0.410 e. The number of aromatic nitrogens is 10. The molecule has 8 aliphatic rings. The second-order valence-corrected chi connectivity index (χ2v) is 37.2. The summed E-state index contributed by atoms with van der Waals surface area (Å²) in [5.74, 6) is -7.96. The number of piperazine rings is 2. The number of nitrogen functional groups attached to an aromatic ring is 1. The van der Waals surface area contributed by atoms with Gasteiger partial charge in [0, 0.05) is 190 Å². The standard InChI is InChI=1S/C97H127N19O17/c1-58-14-10-9-11-15-59(2)78(128-7)48-72-21-17-63(6)97(127,133-72)87(122)92(124)115-28-13-12-16-75(115)93(125)131-79(49-76(117)60(3)43-62(5)85(120)86(121)84(119)61(4)42-58)73(98)45-64-19-22-77(80(46-64)129-8)132-96(126)114-30-25-74-71(56-114)53-104-95(107-74)112-37-35-110(36-38-112)81(118)26-40-130-41-39-109-31-33-111(34-32-109)94-102-51-70(52-103-94)91(123)113-29-24-66-44-65(18-20-68(66)55-113)54-116-90-82(88(99)105-57-106-90)83(108-116)69-47-67-23-27-100-89(67)101-50-69/h9-11,14-15,18,20,23,27,43-44,47,50-53,57-58,60-61,63-64,72-73,75,77-80,85-86,120-121,127H,12-13,16-17,19,21-22,24-26,28-42,45-46,48-49,54-56,98H2,1-8H3,(H,100,101)(H2,99,105,106)/b11-9?,14-10+,59-15?,62-43+/t58-,60-,61-,63-,64+,72+,73-,75+,77-,78+,79+,80-,85-,86+,97-/m1/s1. The van der Waals surface area contributed by atoms with E-state index < -0.39 is 120 Å². The smallest absolute Gasteiger partial charge is 0.410 e. The van der Waals surface area contributed by atoms with Crippen molar-refractivity contribution in [3.8, 4) is 11.3 Å². The lowest BCUT2D eigenvalue weighted by atomic mass is 9.80. The van der Waals surface area contributed by atoms with E-state index in [2.05, 4.69) is 62.8 Å². The van der Waals surface area contributed by atoms with Gasteiger partial charge >= 0.3 is 12.1 Å². The number of nitrogens with one attached hydrogen (secondary N) is 1. The maximum atomic E-state index is 14.8. The number of esters is 1. The van der Waals surface area contributed by atoms with Crippen LogP contribution in [-0.4, -0.2) is 303 Å². The van der Waals surface area contributed by atoms with Gasteiger partial charge in [-0.15, -0.1) is 0 Å². The van der Waals surface area contributed by atoms with E-state index in [1.807, 2.05) is 77.0 Å². The van der Waals surface area contributed by atoms with E-state index in [0.29, 0.717) is 189 Å². The number of ether oxygens (including phenoxy) is 6. The van der Waals surface area contributed by atoms with Crippen molar-refractivity contribution in [1.29, 1.82) is 0 Å². The van der Waals surface area contributed by atoms with Crippen LogP contribution in [0, 0.1) is 29.6 Å². The number of aliphatic hydroxyl groups excluding tert-OH is 2. The molecule has 13 heterocycles. The molecule has 36 heteroatoms. The van der Waals surface area contributed by atoms with Crippen LogP contribution in [0.15, 0.2) is 115 Å². The Bertz CT molecular complexity index is 5470. The van der Waals surface area contributed by atoms with Crippen molar-refractivity contribution in [2.24, 2.45) is 35.3 Å². The highest BCUT2D eigenvalue weighted by Crippen LogP contribution is 2.40. The third-order valence-corrected chi connectivity index (χ3v) is 28.0. The zero-order chi connectivity index (χ0) is 93.9. The molecule has 0 unspecified atom stereocenters. The Morgan fingerprint density at radius 2 is 1.47 bits per heavy atom. The fraction of sp³-hybridized carbons (Fsp3) is 0.567. The zero-order valence-electron chi connectivity index (χ0n) is 77.4. The lowest BCUT2D eigenvalue weighted by Gasteiger charge is -2.42. The number of benzene rings is 1.